The molecule has 0 aliphatic heterocycles. The van der Waals surface area contributed by atoms with Gasteiger partial charge in [0.25, 0.3) is 6.47 Å². The van der Waals surface area contributed by atoms with Crippen molar-refractivity contribution in [1.82, 2.24) is 15.2 Å². The molecule has 1 N–H and O–H groups in total. The Morgan fingerprint density at radius 1 is 1.00 bits per heavy atom. The van der Waals surface area contributed by atoms with Crippen LogP contribution in [0.4, 0.5) is 0 Å². The number of carbonyl (C=O) groups excluding carboxylic acids is 1. The SMILES string of the molecule is C(/C=C/c1ccnc2[nH]ncc12)=C(c1ccccc1)c1ccccc1.CC1CC1.COC=O. The minimum Gasteiger partial charge on any atom is -0.471 e. The van der Waals surface area contributed by atoms with Crippen molar-refractivity contribution in [3.05, 3.63) is 108 Å². The van der Waals surface area contributed by atoms with Gasteiger partial charge < -0.3 is 4.74 Å². The highest BCUT2D eigenvalue weighted by molar-refractivity contribution is 5.86. The van der Waals surface area contributed by atoms with E-state index in [9.17, 15) is 0 Å². The summed E-state index contributed by atoms with van der Waals surface area (Å²) < 4.78 is 3.86. The first kappa shape index (κ1) is 23.7. The zero-order valence-electron chi connectivity index (χ0n) is 19.0. The maximum absolute atomic E-state index is 8.95. The number of carbonyl (C=O) groups is 1. The molecule has 5 heteroatoms. The van der Waals surface area contributed by atoms with Crippen molar-refractivity contribution >= 4 is 29.2 Å². The van der Waals surface area contributed by atoms with Crippen LogP contribution in [-0.4, -0.2) is 28.8 Å². The number of ether oxygens (including phenoxy) is 1. The van der Waals surface area contributed by atoms with E-state index < -0.39 is 0 Å². The van der Waals surface area contributed by atoms with Gasteiger partial charge in [0.2, 0.25) is 0 Å². The van der Waals surface area contributed by atoms with Crippen molar-refractivity contribution in [3.8, 4) is 0 Å². The molecule has 0 radical (unpaired) electrons. The van der Waals surface area contributed by atoms with Gasteiger partial charge in [-0.25, -0.2) is 4.98 Å². The summed E-state index contributed by atoms with van der Waals surface area (Å²) in [6.07, 6.45) is 12.9. The van der Waals surface area contributed by atoms with E-state index >= 15 is 0 Å². The van der Waals surface area contributed by atoms with Gasteiger partial charge in [-0.2, -0.15) is 5.10 Å². The van der Waals surface area contributed by atoms with Crippen molar-refractivity contribution in [3.63, 3.8) is 0 Å². The number of rotatable bonds is 5. The molecule has 1 saturated carbocycles. The molecule has 1 fully saturated rings. The average Bonchev–Trinajstić information content (AvgIpc) is 3.50. The average molecular weight is 440 g/mol. The maximum Gasteiger partial charge on any atom is 0.292 e. The number of nitrogens with one attached hydrogen (secondary N) is 1. The summed E-state index contributed by atoms with van der Waals surface area (Å²) in [5.74, 6) is 1.08. The summed E-state index contributed by atoms with van der Waals surface area (Å²) >= 11 is 0. The number of nitrogens with zero attached hydrogens (tertiary/aromatic N) is 2. The lowest BCUT2D eigenvalue weighted by Crippen LogP contribution is -1.86. The van der Waals surface area contributed by atoms with Gasteiger partial charge in [0.15, 0.2) is 5.65 Å². The molecule has 0 atom stereocenters. The van der Waals surface area contributed by atoms with Gasteiger partial charge >= 0.3 is 0 Å². The van der Waals surface area contributed by atoms with Gasteiger partial charge in [0, 0.05) is 11.6 Å². The zero-order valence-corrected chi connectivity index (χ0v) is 19.0. The molecule has 168 valence electrons. The van der Waals surface area contributed by atoms with Crippen LogP contribution in [0.2, 0.25) is 0 Å². The fraction of sp³-hybridized carbons (Fsp3) is 0.179. The third kappa shape index (κ3) is 7.58. The van der Waals surface area contributed by atoms with E-state index in [0.29, 0.717) is 6.47 Å². The molecule has 1 aliphatic rings. The summed E-state index contributed by atoms with van der Waals surface area (Å²) in [5.41, 5.74) is 5.48. The van der Waals surface area contributed by atoms with Crippen molar-refractivity contribution in [2.24, 2.45) is 5.92 Å². The van der Waals surface area contributed by atoms with E-state index in [-0.39, 0.29) is 0 Å². The second kappa shape index (κ2) is 12.8. The molecular formula is C28H29N3O2. The van der Waals surface area contributed by atoms with Gasteiger partial charge in [-0.3, -0.25) is 9.89 Å². The number of fused-ring (bicyclic) bond motifs is 1. The van der Waals surface area contributed by atoms with Crippen LogP contribution in [0.3, 0.4) is 0 Å². The normalized spacial score (nSPS) is 12.2. The molecule has 0 amide bonds. The second-order valence-corrected chi connectivity index (χ2v) is 7.72. The molecule has 2 heterocycles. The number of H-pyrrole nitrogens is 1. The van der Waals surface area contributed by atoms with Gasteiger partial charge in [0.1, 0.15) is 0 Å². The number of hydrogen-bond donors (Lipinski definition) is 1. The molecule has 0 unspecified atom stereocenters. The van der Waals surface area contributed by atoms with Crippen LogP contribution in [0.1, 0.15) is 36.5 Å². The van der Waals surface area contributed by atoms with Crippen molar-refractivity contribution in [2.45, 2.75) is 19.8 Å². The number of benzene rings is 2. The van der Waals surface area contributed by atoms with Crippen molar-refractivity contribution in [1.29, 1.82) is 0 Å². The second-order valence-electron chi connectivity index (χ2n) is 7.72. The maximum atomic E-state index is 8.95. The highest BCUT2D eigenvalue weighted by atomic mass is 16.5. The molecule has 0 bridgehead atoms. The van der Waals surface area contributed by atoms with Gasteiger partial charge in [0.05, 0.1) is 13.3 Å². The summed E-state index contributed by atoms with van der Waals surface area (Å²) in [6, 6.07) is 22.8. The van der Waals surface area contributed by atoms with Crippen molar-refractivity contribution < 1.29 is 9.53 Å². The number of pyridine rings is 1. The molecule has 33 heavy (non-hydrogen) atoms. The molecule has 5 nitrogen and oxygen atoms in total. The first-order valence-corrected chi connectivity index (χ1v) is 11.0. The Labute approximate surface area is 194 Å². The van der Waals surface area contributed by atoms with Crippen LogP contribution in [0, 0.1) is 5.92 Å². The molecule has 5 rings (SSSR count). The highest BCUT2D eigenvalue weighted by Crippen LogP contribution is 2.26. The van der Waals surface area contributed by atoms with Crippen LogP contribution >= 0.6 is 0 Å². The minimum absolute atomic E-state index is 0.375. The number of allylic oxidation sites excluding steroid dienone is 2. The minimum atomic E-state index is 0.375. The lowest BCUT2D eigenvalue weighted by molar-refractivity contribution is -0.126. The molecule has 1 aliphatic carbocycles. The lowest BCUT2D eigenvalue weighted by atomic mass is 9.97. The Balaban J connectivity index is 0.000000327. The standard InChI is InChI=1S/C22H17N3.C4H8.C2H4O2/c1-3-8-17(9-4-1)20(18-10-5-2-6-11-18)13-7-12-19-14-15-23-22-21(19)16-24-25-22;1-4-2-3-4;1-4-2-3/h1-16H,(H,23,24,25);4H,2-3H2,1H3;2H,1H3/b12-7+;;. The third-order valence-electron chi connectivity index (χ3n) is 5.06. The molecule has 0 spiro atoms. The van der Waals surface area contributed by atoms with E-state index in [1.165, 1.54) is 36.7 Å². The summed E-state index contributed by atoms with van der Waals surface area (Å²) in [7, 11) is 1.31. The number of hydrogen-bond acceptors (Lipinski definition) is 4. The Bertz CT molecular complexity index is 1140. The highest BCUT2D eigenvalue weighted by Gasteiger charge is 2.12. The van der Waals surface area contributed by atoms with E-state index in [1.54, 1.807) is 12.4 Å². The predicted octanol–water partition coefficient (Wildman–Crippen LogP) is 6.31. The summed E-state index contributed by atoms with van der Waals surface area (Å²) in [6.45, 7) is 2.65. The number of methoxy groups -OCH3 is 1. The molecule has 4 aromatic rings. The van der Waals surface area contributed by atoms with Crippen LogP contribution in [0.15, 0.2) is 91.3 Å². The van der Waals surface area contributed by atoms with E-state index in [0.717, 1.165) is 22.5 Å². The Hall–Kier alpha value is -3.99. The van der Waals surface area contributed by atoms with Crippen LogP contribution in [0.25, 0.3) is 22.7 Å². The number of aromatic nitrogens is 3. The van der Waals surface area contributed by atoms with Crippen LogP contribution < -0.4 is 0 Å². The smallest absolute Gasteiger partial charge is 0.292 e. The van der Waals surface area contributed by atoms with Gasteiger partial charge in [-0.05, 0) is 34.2 Å². The lowest BCUT2D eigenvalue weighted by Gasteiger charge is -2.07. The first-order valence-electron chi connectivity index (χ1n) is 11.0. The summed E-state index contributed by atoms with van der Waals surface area (Å²) in [5, 5.41) is 7.99. The van der Waals surface area contributed by atoms with E-state index in [1.807, 2.05) is 18.2 Å². The first-order chi connectivity index (χ1) is 16.2. The predicted molar refractivity (Wildman–Crippen MR) is 134 cm³/mol. The van der Waals surface area contributed by atoms with Crippen LogP contribution in [0.5, 0.6) is 0 Å². The third-order valence-corrected chi connectivity index (χ3v) is 5.06. The Kier molecular flexibility index (Phi) is 9.16. The van der Waals surface area contributed by atoms with E-state index in [2.05, 4.69) is 93.6 Å². The number of aromatic amines is 1. The van der Waals surface area contributed by atoms with Gasteiger partial charge in [-0.1, -0.05) is 98.7 Å². The van der Waals surface area contributed by atoms with E-state index in [4.69, 9.17) is 4.79 Å². The van der Waals surface area contributed by atoms with Crippen molar-refractivity contribution in [2.75, 3.05) is 7.11 Å². The quantitative estimate of drug-likeness (QED) is 0.292. The largest absolute Gasteiger partial charge is 0.471 e. The molecule has 2 aromatic carbocycles. The molecule has 2 aromatic heterocycles. The molecular weight excluding hydrogens is 410 g/mol. The Morgan fingerprint density at radius 2 is 1.58 bits per heavy atom. The topological polar surface area (TPSA) is 67.9 Å². The fourth-order valence-corrected chi connectivity index (χ4v) is 3.03. The molecule has 0 saturated heterocycles. The summed E-state index contributed by atoms with van der Waals surface area (Å²) in [4.78, 5) is 13.2. The van der Waals surface area contributed by atoms with Crippen LogP contribution in [-0.2, 0) is 9.53 Å². The Morgan fingerprint density at radius 3 is 2.09 bits per heavy atom. The fourth-order valence-electron chi connectivity index (χ4n) is 3.03. The zero-order chi connectivity index (χ0) is 23.3. The monoisotopic (exact) mass is 439 g/mol. The van der Waals surface area contributed by atoms with Gasteiger partial charge in [-0.15, -0.1) is 0 Å².